The molecule has 6 heteroatoms. The lowest BCUT2D eigenvalue weighted by molar-refractivity contribution is -0.123. The van der Waals surface area contributed by atoms with Crippen LogP contribution in [0, 0.1) is 12.7 Å². The Kier molecular flexibility index (Phi) is 5.71. The number of nitrogens with one attached hydrogen (secondary N) is 1. The molecule has 4 nitrogen and oxygen atoms in total. The molecule has 0 aliphatic carbocycles. The number of ether oxygens (including phenoxy) is 1. The molecule has 0 radical (unpaired) electrons. The molecule has 0 aromatic heterocycles. The van der Waals surface area contributed by atoms with Gasteiger partial charge in [-0.15, -0.1) is 0 Å². The van der Waals surface area contributed by atoms with E-state index in [1.807, 2.05) is 6.92 Å². The number of hydrogen-bond acceptors (Lipinski definition) is 3. The molecule has 0 unspecified atom stereocenters. The van der Waals surface area contributed by atoms with Crippen molar-refractivity contribution in [3.8, 4) is 5.75 Å². The number of hydrazone groups is 1. The van der Waals surface area contributed by atoms with E-state index in [0.29, 0.717) is 16.5 Å². The van der Waals surface area contributed by atoms with Crippen molar-refractivity contribution < 1.29 is 13.9 Å². The van der Waals surface area contributed by atoms with E-state index in [1.54, 1.807) is 37.3 Å². The maximum atomic E-state index is 12.8. The molecule has 1 amide bonds. The first-order valence-corrected chi connectivity index (χ1v) is 7.31. The molecule has 0 spiro atoms. The molecule has 0 saturated heterocycles. The number of aryl methyl sites for hydroxylation is 1. The Morgan fingerprint density at radius 2 is 1.96 bits per heavy atom. The van der Waals surface area contributed by atoms with Crippen molar-refractivity contribution >= 4 is 23.2 Å². The zero-order chi connectivity index (χ0) is 16.8. The molecule has 2 rings (SSSR count). The number of carbonyl (C=O) groups excluding carboxylic acids is 1. The number of nitrogens with zero attached hydrogens (tertiary/aromatic N) is 1. The molecule has 0 saturated carbocycles. The standard InChI is InChI=1S/C17H16ClFN2O2/c1-11-9-15(7-8-16(11)18)23-10-17(22)21-20-12(2)13-3-5-14(19)6-4-13/h3-9H,10H2,1-2H3,(H,21,22)/b20-12+. The summed E-state index contributed by atoms with van der Waals surface area (Å²) in [6.45, 7) is 3.41. The van der Waals surface area contributed by atoms with Crippen LogP contribution in [0.3, 0.4) is 0 Å². The van der Waals surface area contributed by atoms with Crippen molar-refractivity contribution in [1.29, 1.82) is 0 Å². The summed E-state index contributed by atoms with van der Waals surface area (Å²) in [6, 6.07) is 11.0. The Morgan fingerprint density at radius 3 is 2.61 bits per heavy atom. The second-order valence-electron chi connectivity index (χ2n) is 4.94. The fourth-order valence-electron chi connectivity index (χ4n) is 1.79. The molecule has 23 heavy (non-hydrogen) atoms. The van der Waals surface area contributed by atoms with Crippen LogP contribution in [-0.2, 0) is 4.79 Å². The highest BCUT2D eigenvalue weighted by atomic mass is 35.5. The summed E-state index contributed by atoms with van der Waals surface area (Å²) in [7, 11) is 0. The van der Waals surface area contributed by atoms with E-state index < -0.39 is 0 Å². The number of amides is 1. The molecule has 0 bridgehead atoms. The number of benzene rings is 2. The summed E-state index contributed by atoms with van der Waals surface area (Å²) in [4.78, 5) is 11.7. The predicted molar refractivity (Wildman–Crippen MR) is 88.4 cm³/mol. The third-order valence-corrected chi connectivity index (χ3v) is 3.53. The van der Waals surface area contributed by atoms with E-state index in [9.17, 15) is 9.18 Å². The highest BCUT2D eigenvalue weighted by Crippen LogP contribution is 2.20. The van der Waals surface area contributed by atoms with E-state index in [1.165, 1.54) is 12.1 Å². The minimum Gasteiger partial charge on any atom is -0.484 e. The van der Waals surface area contributed by atoms with E-state index in [0.717, 1.165) is 11.1 Å². The highest BCUT2D eigenvalue weighted by molar-refractivity contribution is 6.31. The van der Waals surface area contributed by atoms with Gasteiger partial charge in [-0.2, -0.15) is 5.10 Å². The number of rotatable bonds is 5. The van der Waals surface area contributed by atoms with Gasteiger partial charge in [0, 0.05) is 5.02 Å². The minimum atomic E-state index is -0.390. The van der Waals surface area contributed by atoms with Crippen molar-refractivity contribution in [3.05, 3.63) is 64.4 Å². The smallest absolute Gasteiger partial charge is 0.277 e. The molecule has 0 fully saturated rings. The molecular weight excluding hydrogens is 319 g/mol. The van der Waals surface area contributed by atoms with Crippen LogP contribution < -0.4 is 10.2 Å². The van der Waals surface area contributed by atoms with Crippen LogP contribution >= 0.6 is 11.6 Å². The molecule has 2 aromatic carbocycles. The summed E-state index contributed by atoms with van der Waals surface area (Å²) in [5.41, 5.74) is 4.56. The fraction of sp³-hybridized carbons (Fsp3) is 0.176. The van der Waals surface area contributed by atoms with Gasteiger partial charge in [-0.3, -0.25) is 4.79 Å². The van der Waals surface area contributed by atoms with Gasteiger partial charge in [0.05, 0.1) is 5.71 Å². The first kappa shape index (κ1) is 17.0. The summed E-state index contributed by atoms with van der Waals surface area (Å²) in [5.74, 6) is -0.155. The Balaban J connectivity index is 1.88. The van der Waals surface area contributed by atoms with Gasteiger partial charge in [0.2, 0.25) is 0 Å². The van der Waals surface area contributed by atoms with Crippen LogP contribution in [0.15, 0.2) is 47.6 Å². The molecule has 0 aliphatic rings. The Labute approximate surface area is 138 Å². The number of halogens is 2. The zero-order valence-electron chi connectivity index (χ0n) is 12.8. The van der Waals surface area contributed by atoms with Gasteiger partial charge in [-0.05, 0) is 55.3 Å². The summed E-state index contributed by atoms with van der Waals surface area (Å²) < 4.78 is 18.2. The summed E-state index contributed by atoms with van der Waals surface area (Å²) >= 11 is 5.92. The first-order chi connectivity index (χ1) is 11.0. The predicted octanol–water partition coefficient (Wildman–Crippen LogP) is 3.71. The van der Waals surface area contributed by atoms with Gasteiger partial charge in [0.25, 0.3) is 5.91 Å². The maximum Gasteiger partial charge on any atom is 0.277 e. The normalized spacial score (nSPS) is 11.2. The van der Waals surface area contributed by atoms with E-state index in [4.69, 9.17) is 16.3 Å². The van der Waals surface area contributed by atoms with Crippen molar-refractivity contribution in [2.24, 2.45) is 5.10 Å². The number of hydrogen-bond donors (Lipinski definition) is 1. The Morgan fingerprint density at radius 1 is 1.26 bits per heavy atom. The summed E-state index contributed by atoms with van der Waals surface area (Å²) in [6.07, 6.45) is 0. The molecular formula is C17H16ClFN2O2. The zero-order valence-corrected chi connectivity index (χ0v) is 13.5. The van der Waals surface area contributed by atoms with Crippen LogP contribution in [0.5, 0.6) is 5.75 Å². The van der Waals surface area contributed by atoms with E-state index >= 15 is 0 Å². The lowest BCUT2D eigenvalue weighted by Gasteiger charge is -2.07. The summed E-state index contributed by atoms with van der Waals surface area (Å²) in [5, 5.41) is 4.60. The van der Waals surface area contributed by atoms with Gasteiger partial charge >= 0.3 is 0 Å². The maximum absolute atomic E-state index is 12.8. The van der Waals surface area contributed by atoms with Crippen molar-refractivity contribution in [1.82, 2.24) is 5.43 Å². The van der Waals surface area contributed by atoms with Gasteiger partial charge in [-0.25, -0.2) is 9.82 Å². The first-order valence-electron chi connectivity index (χ1n) is 6.94. The monoisotopic (exact) mass is 334 g/mol. The highest BCUT2D eigenvalue weighted by Gasteiger charge is 2.04. The van der Waals surface area contributed by atoms with Crippen molar-refractivity contribution in [2.45, 2.75) is 13.8 Å². The molecule has 2 aromatic rings. The van der Waals surface area contributed by atoms with Crippen LogP contribution in [0.25, 0.3) is 0 Å². The average molecular weight is 335 g/mol. The SMILES string of the molecule is C/C(=N\NC(=O)COc1ccc(Cl)c(C)c1)c1ccc(F)cc1. The second-order valence-corrected chi connectivity index (χ2v) is 5.35. The van der Waals surface area contributed by atoms with Crippen LogP contribution in [0.1, 0.15) is 18.1 Å². The number of carbonyl (C=O) groups is 1. The van der Waals surface area contributed by atoms with Gasteiger partial charge in [-0.1, -0.05) is 23.7 Å². The fourth-order valence-corrected chi connectivity index (χ4v) is 1.91. The Hall–Kier alpha value is -2.40. The quantitative estimate of drug-likeness (QED) is 0.669. The lowest BCUT2D eigenvalue weighted by Crippen LogP contribution is -2.25. The van der Waals surface area contributed by atoms with Gasteiger partial charge in [0.1, 0.15) is 11.6 Å². The average Bonchev–Trinajstić information content (AvgIpc) is 2.54. The third kappa shape index (κ3) is 5.07. The molecule has 0 aliphatic heterocycles. The molecule has 1 N–H and O–H groups in total. The molecule has 0 atom stereocenters. The molecule has 120 valence electrons. The van der Waals surface area contributed by atoms with Gasteiger partial charge < -0.3 is 4.74 Å². The van der Waals surface area contributed by atoms with Gasteiger partial charge in [0.15, 0.2) is 6.61 Å². The third-order valence-electron chi connectivity index (χ3n) is 3.11. The van der Waals surface area contributed by atoms with E-state index in [-0.39, 0.29) is 18.3 Å². The van der Waals surface area contributed by atoms with Crippen molar-refractivity contribution in [3.63, 3.8) is 0 Å². The van der Waals surface area contributed by atoms with Crippen LogP contribution in [0.4, 0.5) is 4.39 Å². The van der Waals surface area contributed by atoms with Crippen LogP contribution in [-0.4, -0.2) is 18.2 Å². The Bertz CT molecular complexity index is 730. The lowest BCUT2D eigenvalue weighted by atomic mass is 10.1. The van der Waals surface area contributed by atoms with Crippen LogP contribution in [0.2, 0.25) is 5.02 Å². The van der Waals surface area contributed by atoms with Crippen molar-refractivity contribution in [2.75, 3.05) is 6.61 Å². The van der Waals surface area contributed by atoms with E-state index in [2.05, 4.69) is 10.5 Å². The topological polar surface area (TPSA) is 50.7 Å². The largest absolute Gasteiger partial charge is 0.484 e. The second kappa shape index (κ2) is 7.74. The minimum absolute atomic E-state index is 0.165. The molecule has 0 heterocycles.